The zero-order chi connectivity index (χ0) is 8.27. The number of nitrogens with zero attached hydrogens (tertiary/aromatic N) is 1. The Bertz CT molecular complexity index is 151. The largest absolute Gasteiger partial charge is 0.375 e. The fraction of sp³-hybridized carbons (Fsp3) is 0.833. The summed E-state index contributed by atoms with van der Waals surface area (Å²) in [5.41, 5.74) is 2.09. The normalized spacial score (nSPS) is 24.9. The molecule has 1 rings (SSSR count). The lowest BCUT2D eigenvalue weighted by Crippen LogP contribution is -2.50. The van der Waals surface area contributed by atoms with E-state index in [1.807, 2.05) is 6.92 Å². The number of hydrogen-bond donors (Lipinski definition) is 2. The zero-order valence-electron chi connectivity index (χ0n) is 6.54. The van der Waals surface area contributed by atoms with Gasteiger partial charge in [0.05, 0.1) is 12.7 Å². The third kappa shape index (κ3) is 2.06. The Morgan fingerprint density at radius 2 is 2.55 bits per heavy atom. The van der Waals surface area contributed by atoms with E-state index in [2.05, 4.69) is 5.43 Å². The molecular formula is C6H13N3O2. The Morgan fingerprint density at radius 1 is 1.82 bits per heavy atom. The van der Waals surface area contributed by atoms with Crippen LogP contribution in [0.4, 0.5) is 4.79 Å². The number of morpholine rings is 1. The van der Waals surface area contributed by atoms with Crippen LogP contribution in [0.15, 0.2) is 0 Å². The molecule has 2 amide bonds. The van der Waals surface area contributed by atoms with Crippen molar-refractivity contribution >= 4 is 6.03 Å². The van der Waals surface area contributed by atoms with Crippen LogP contribution >= 0.6 is 0 Å². The zero-order valence-corrected chi connectivity index (χ0v) is 6.54. The van der Waals surface area contributed by atoms with E-state index in [4.69, 9.17) is 10.6 Å². The number of carbonyl (C=O) groups is 1. The van der Waals surface area contributed by atoms with Crippen molar-refractivity contribution in [2.75, 3.05) is 19.7 Å². The molecule has 0 aromatic rings. The predicted octanol–water partition coefficient (Wildman–Crippen LogP) is -0.710. The van der Waals surface area contributed by atoms with Crippen LogP contribution in [-0.2, 0) is 4.74 Å². The molecule has 1 saturated heterocycles. The summed E-state index contributed by atoms with van der Waals surface area (Å²) < 4.78 is 5.24. The average Bonchev–Trinajstić information content (AvgIpc) is 2.03. The van der Waals surface area contributed by atoms with Gasteiger partial charge < -0.3 is 9.64 Å². The summed E-state index contributed by atoms with van der Waals surface area (Å²) in [5.74, 6) is 4.97. The predicted molar refractivity (Wildman–Crippen MR) is 39.7 cm³/mol. The van der Waals surface area contributed by atoms with E-state index in [0.29, 0.717) is 19.7 Å². The highest BCUT2D eigenvalue weighted by Gasteiger charge is 2.19. The van der Waals surface area contributed by atoms with Gasteiger partial charge in [-0.15, -0.1) is 0 Å². The van der Waals surface area contributed by atoms with Crippen molar-refractivity contribution in [2.24, 2.45) is 5.84 Å². The number of nitrogens with two attached hydrogens (primary N) is 1. The molecule has 0 aromatic heterocycles. The Morgan fingerprint density at radius 3 is 3.09 bits per heavy atom. The quantitative estimate of drug-likeness (QED) is 0.279. The highest BCUT2D eigenvalue weighted by atomic mass is 16.5. The van der Waals surface area contributed by atoms with E-state index in [9.17, 15) is 4.79 Å². The SMILES string of the molecule is CC1CN(C(=O)NN)CCO1. The van der Waals surface area contributed by atoms with Crippen LogP contribution in [0.1, 0.15) is 6.92 Å². The highest BCUT2D eigenvalue weighted by molar-refractivity contribution is 5.73. The van der Waals surface area contributed by atoms with Gasteiger partial charge in [0.15, 0.2) is 0 Å². The standard InChI is InChI=1S/C6H13N3O2/c1-5-4-9(2-3-11-5)6(10)8-7/h5H,2-4,7H2,1H3,(H,8,10). The maximum Gasteiger partial charge on any atom is 0.331 e. The Labute approximate surface area is 65.5 Å². The van der Waals surface area contributed by atoms with Crippen molar-refractivity contribution in [2.45, 2.75) is 13.0 Å². The van der Waals surface area contributed by atoms with E-state index in [1.54, 1.807) is 4.90 Å². The second kappa shape index (κ2) is 3.54. The number of amides is 2. The maximum atomic E-state index is 10.9. The number of hydrazine groups is 1. The Hall–Kier alpha value is -0.810. The van der Waals surface area contributed by atoms with Crippen LogP contribution in [-0.4, -0.2) is 36.7 Å². The molecule has 0 bridgehead atoms. The molecule has 3 N–H and O–H groups in total. The first-order valence-electron chi connectivity index (χ1n) is 3.61. The van der Waals surface area contributed by atoms with Crippen molar-refractivity contribution in [1.82, 2.24) is 10.3 Å². The first kappa shape index (κ1) is 8.29. The highest BCUT2D eigenvalue weighted by Crippen LogP contribution is 2.03. The Balaban J connectivity index is 2.39. The molecule has 1 heterocycles. The molecule has 1 aliphatic rings. The molecule has 0 radical (unpaired) electrons. The number of carbonyl (C=O) groups excluding carboxylic acids is 1. The molecule has 1 unspecified atom stereocenters. The molecule has 0 saturated carbocycles. The van der Waals surface area contributed by atoms with Gasteiger partial charge in [0, 0.05) is 13.1 Å². The number of rotatable bonds is 0. The second-order valence-corrected chi connectivity index (χ2v) is 2.58. The van der Waals surface area contributed by atoms with Crippen molar-refractivity contribution in [1.29, 1.82) is 0 Å². The van der Waals surface area contributed by atoms with Gasteiger partial charge in [-0.2, -0.15) is 0 Å². The van der Waals surface area contributed by atoms with Crippen LogP contribution < -0.4 is 11.3 Å². The van der Waals surface area contributed by atoms with Crippen LogP contribution in [0.5, 0.6) is 0 Å². The fourth-order valence-corrected chi connectivity index (χ4v) is 1.09. The lowest BCUT2D eigenvalue weighted by atomic mass is 10.3. The summed E-state index contributed by atoms with van der Waals surface area (Å²) in [6.07, 6.45) is 0.112. The minimum absolute atomic E-state index is 0.112. The smallest absolute Gasteiger partial charge is 0.331 e. The van der Waals surface area contributed by atoms with Crippen LogP contribution in [0.2, 0.25) is 0 Å². The molecule has 5 nitrogen and oxygen atoms in total. The van der Waals surface area contributed by atoms with Crippen LogP contribution in [0, 0.1) is 0 Å². The van der Waals surface area contributed by atoms with E-state index in [-0.39, 0.29) is 12.1 Å². The number of hydrogen-bond acceptors (Lipinski definition) is 3. The minimum atomic E-state index is -0.236. The summed E-state index contributed by atoms with van der Waals surface area (Å²) in [7, 11) is 0. The van der Waals surface area contributed by atoms with Crippen LogP contribution in [0.25, 0.3) is 0 Å². The average molecular weight is 159 g/mol. The molecule has 1 aliphatic heterocycles. The van der Waals surface area contributed by atoms with Crippen molar-refractivity contribution in [3.05, 3.63) is 0 Å². The van der Waals surface area contributed by atoms with E-state index < -0.39 is 0 Å². The topological polar surface area (TPSA) is 67.6 Å². The van der Waals surface area contributed by atoms with Gasteiger partial charge in [-0.05, 0) is 6.92 Å². The fourth-order valence-electron chi connectivity index (χ4n) is 1.09. The first-order valence-corrected chi connectivity index (χ1v) is 3.61. The molecule has 11 heavy (non-hydrogen) atoms. The second-order valence-electron chi connectivity index (χ2n) is 2.58. The van der Waals surface area contributed by atoms with Crippen molar-refractivity contribution < 1.29 is 9.53 Å². The lowest BCUT2D eigenvalue weighted by Gasteiger charge is -2.30. The molecule has 5 heteroatoms. The molecule has 1 fully saturated rings. The van der Waals surface area contributed by atoms with Gasteiger partial charge in [0.2, 0.25) is 0 Å². The summed E-state index contributed by atoms with van der Waals surface area (Å²) >= 11 is 0. The Kier molecular flexibility index (Phi) is 2.67. The van der Waals surface area contributed by atoms with Crippen LogP contribution in [0.3, 0.4) is 0 Å². The van der Waals surface area contributed by atoms with Gasteiger partial charge in [0.1, 0.15) is 0 Å². The monoisotopic (exact) mass is 159 g/mol. The van der Waals surface area contributed by atoms with Gasteiger partial charge in [0.25, 0.3) is 0 Å². The summed E-state index contributed by atoms with van der Waals surface area (Å²) in [6.45, 7) is 3.75. The van der Waals surface area contributed by atoms with Gasteiger partial charge in [-0.25, -0.2) is 10.6 Å². The third-order valence-corrected chi connectivity index (χ3v) is 1.65. The number of urea groups is 1. The van der Waals surface area contributed by atoms with E-state index in [0.717, 1.165) is 0 Å². The first-order chi connectivity index (χ1) is 5.24. The summed E-state index contributed by atoms with van der Waals surface area (Å²) in [5, 5.41) is 0. The number of ether oxygens (including phenoxy) is 1. The van der Waals surface area contributed by atoms with Gasteiger partial charge in [-0.1, -0.05) is 0 Å². The molecule has 0 aliphatic carbocycles. The number of nitrogens with one attached hydrogen (secondary N) is 1. The molecule has 0 spiro atoms. The van der Waals surface area contributed by atoms with Gasteiger partial charge >= 0.3 is 6.03 Å². The van der Waals surface area contributed by atoms with Gasteiger partial charge in [-0.3, -0.25) is 5.43 Å². The van der Waals surface area contributed by atoms with E-state index >= 15 is 0 Å². The summed E-state index contributed by atoms with van der Waals surface area (Å²) in [6, 6.07) is -0.236. The van der Waals surface area contributed by atoms with E-state index in [1.165, 1.54) is 0 Å². The minimum Gasteiger partial charge on any atom is -0.375 e. The van der Waals surface area contributed by atoms with Crippen molar-refractivity contribution in [3.8, 4) is 0 Å². The molecule has 1 atom stereocenters. The molecule has 0 aromatic carbocycles. The molecule has 64 valence electrons. The van der Waals surface area contributed by atoms with Crippen molar-refractivity contribution in [3.63, 3.8) is 0 Å². The third-order valence-electron chi connectivity index (χ3n) is 1.65. The lowest BCUT2D eigenvalue weighted by molar-refractivity contribution is -0.00344. The summed E-state index contributed by atoms with van der Waals surface area (Å²) in [4.78, 5) is 12.6. The maximum absolute atomic E-state index is 10.9. The molecular weight excluding hydrogens is 146 g/mol.